The molecular weight excluding hydrogens is 249 g/mol. The first kappa shape index (κ1) is 9.35. The highest BCUT2D eigenvalue weighted by Crippen LogP contribution is 2.34. The molecule has 0 saturated carbocycles. The highest BCUT2D eigenvalue weighted by Gasteiger charge is 2.16. The van der Waals surface area contributed by atoms with E-state index in [1.165, 1.54) is 17.7 Å². The fraction of sp³-hybridized carbons (Fsp3) is 0.400. The third kappa shape index (κ3) is 1.70. The number of benzene rings is 1. The van der Waals surface area contributed by atoms with Gasteiger partial charge in [-0.05, 0) is 30.5 Å². The molecule has 13 heavy (non-hydrogen) atoms. The SMILES string of the molecule is CN1CCCc2c(Br)cc(Cl)cc21. The molecule has 0 aromatic heterocycles. The number of fused-ring (bicyclic) bond motifs is 1. The summed E-state index contributed by atoms with van der Waals surface area (Å²) in [6.45, 7) is 1.12. The van der Waals surface area contributed by atoms with Gasteiger partial charge in [0.15, 0.2) is 0 Å². The van der Waals surface area contributed by atoms with Gasteiger partial charge in [-0.1, -0.05) is 27.5 Å². The second-order valence-corrected chi connectivity index (χ2v) is 4.70. The van der Waals surface area contributed by atoms with E-state index in [0.717, 1.165) is 22.5 Å². The van der Waals surface area contributed by atoms with Gasteiger partial charge in [0.05, 0.1) is 0 Å². The van der Waals surface area contributed by atoms with Gasteiger partial charge in [0.1, 0.15) is 0 Å². The predicted molar refractivity (Wildman–Crippen MR) is 60.7 cm³/mol. The maximum absolute atomic E-state index is 5.99. The molecule has 0 fully saturated rings. The van der Waals surface area contributed by atoms with Crippen LogP contribution in [0.25, 0.3) is 0 Å². The molecule has 2 rings (SSSR count). The molecule has 0 saturated heterocycles. The van der Waals surface area contributed by atoms with Crippen LogP contribution in [0.15, 0.2) is 16.6 Å². The van der Waals surface area contributed by atoms with Crippen molar-refractivity contribution >= 4 is 33.2 Å². The van der Waals surface area contributed by atoms with Gasteiger partial charge in [0, 0.05) is 28.8 Å². The maximum Gasteiger partial charge on any atom is 0.0438 e. The zero-order valence-corrected chi connectivity index (χ0v) is 9.82. The molecule has 1 aromatic rings. The van der Waals surface area contributed by atoms with E-state index in [0.29, 0.717) is 0 Å². The largest absolute Gasteiger partial charge is 0.374 e. The number of hydrogen-bond acceptors (Lipinski definition) is 1. The Hall–Kier alpha value is -0.210. The van der Waals surface area contributed by atoms with Crippen LogP contribution in [-0.4, -0.2) is 13.6 Å². The van der Waals surface area contributed by atoms with Crippen LogP contribution in [0.4, 0.5) is 5.69 Å². The van der Waals surface area contributed by atoms with Gasteiger partial charge >= 0.3 is 0 Å². The molecule has 0 N–H and O–H groups in total. The molecular formula is C10H11BrClN. The summed E-state index contributed by atoms with van der Waals surface area (Å²) in [5.74, 6) is 0. The molecule has 1 heterocycles. The van der Waals surface area contributed by atoms with Crippen LogP contribution in [0.3, 0.4) is 0 Å². The van der Waals surface area contributed by atoms with E-state index in [-0.39, 0.29) is 0 Å². The van der Waals surface area contributed by atoms with Crippen molar-refractivity contribution in [1.82, 2.24) is 0 Å². The Balaban J connectivity index is 2.56. The summed E-state index contributed by atoms with van der Waals surface area (Å²) in [5, 5.41) is 0.805. The lowest BCUT2D eigenvalue weighted by Gasteiger charge is -2.28. The lowest BCUT2D eigenvalue weighted by atomic mass is 10.0. The van der Waals surface area contributed by atoms with E-state index in [1.807, 2.05) is 12.1 Å². The third-order valence-electron chi connectivity index (χ3n) is 2.47. The van der Waals surface area contributed by atoms with Crippen molar-refractivity contribution in [3.63, 3.8) is 0 Å². The molecule has 0 radical (unpaired) electrons. The standard InChI is InChI=1S/C10H11BrClN/c1-13-4-2-3-8-9(11)5-7(12)6-10(8)13/h5-6H,2-4H2,1H3. The summed E-state index contributed by atoms with van der Waals surface area (Å²) in [4.78, 5) is 2.26. The minimum atomic E-state index is 0.805. The van der Waals surface area contributed by atoms with Crippen LogP contribution in [-0.2, 0) is 6.42 Å². The van der Waals surface area contributed by atoms with E-state index in [9.17, 15) is 0 Å². The van der Waals surface area contributed by atoms with Crippen LogP contribution in [0.1, 0.15) is 12.0 Å². The quantitative estimate of drug-likeness (QED) is 0.690. The van der Waals surface area contributed by atoms with E-state index < -0.39 is 0 Å². The van der Waals surface area contributed by atoms with E-state index in [4.69, 9.17) is 11.6 Å². The molecule has 1 aliphatic rings. The Labute approximate surface area is 91.8 Å². The van der Waals surface area contributed by atoms with Gasteiger partial charge in [-0.3, -0.25) is 0 Å². The summed E-state index contributed by atoms with van der Waals surface area (Å²) < 4.78 is 1.14. The van der Waals surface area contributed by atoms with Crippen molar-refractivity contribution in [3.05, 3.63) is 27.2 Å². The Morgan fingerprint density at radius 1 is 1.46 bits per heavy atom. The van der Waals surface area contributed by atoms with Crippen molar-refractivity contribution in [3.8, 4) is 0 Å². The number of halogens is 2. The molecule has 1 nitrogen and oxygen atoms in total. The fourth-order valence-corrected chi connectivity index (χ4v) is 2.78. The highest BCUT2D eigenvalue weighted by molar-refractivity contribution is 9.10. The summed E-state index contributed by atoms with van der Waals surface area (Å²) >= 11 is 9.54. The van der Waals surface area contributed by atoms with Gasteiger partial charge in [-0.15, -0.1) is 0 Å². The second-order valence-electron chi connectivity index (χ2n) is 3.41. The Morgan fingerprint density at radius 2 is 2.23 bits per heavy atom. The van der Waals surface area contributed by atoms with Crippen LogP contribution in [0.2, 0.25) is 5.02 Å². The Morgan fingerprint density at radius 3 is 3.00 bits per heavy atom. The molecule has 0 aliphatic carbocycles. The molecule has 70 valence electrons. The maximum atomic E-state index is 5.99. The van der Waals surface area contributed by atoms with Gasteiger partial charge in [-0.25, -0.2) is 0 Å². The molecule has 0 atom stereocenters. The fourth-order valence-electron chi connectivity index (χ4n) is 1.79. The van der Waals surface area contributed by atoms with Gasteiger partial charge < -0.3 is 4.90 Å². The average molecular weight is 261 g/mol. The van der Waals surface area contributed by atoms with Crippen molar-refractivity contribution in [2.24, 2.45) is 0 Å². The number of nitrogens with zero attached hydrogens (tertiary/aromatic N) is 1. The van der Waals surface area contributed by atoms with Gasteiger partial charge in [0.25, 0.3) is 0 Å². The van der Waals surface area contributed by atoms with E-state index >= 15 is 0 Å². The summed E-state index contributed by atoms with van der Waals surface area (Å²) in [7, 11) is 2.11. The van der Waals surface area contributed by atoms with Crippen molar-refractivity contribution < 1.29 is 0 Å². The third-order valence-corrected chi connectivity index (χ3v) is 3.39. The molecule has 0 unspecified atom stereocenters. The van der Waals surface area contributed by atoms with Gasteiger partial charge in [0.2, 0.25) is 0 Å². The molecule has 3 heteroatoms. The number of rotatable bonds is 0. The van der Waals surface area contributed by atoms with Crippen LogP contribution < -0.4 is 4.90 Å². The summed E-state index contributed by atoms with van der Waals surface area (Å²) in [5.41, 5.74) is 2.66. The van der Waals surface area contributed by atoms with E-state index in [2.05, 4.69) is 27.9 Å². The molecule has 1 aromatic carbocycles. The average Bonchev–Trinajstić information content (AvgIpc) is 2.07. The molecule has 0 amide bonds. The van der Waals surface area contributed by atoms with Crippen LogP contribution >= 0.6 is 27.5 Å². The molecule has 0 bridgehead atoms. The van der Waals surface area contributed by atoms with Crippen molar-refractivity contribution in [2.75, 3.05) is 18.5 Å². The van der Waals surface area contributed by atoms with Gasteiger partial charge in [-0.2, -0.15) is 0 Å². The van der Waals surface area contributed by atoms with E-state index in [1.54, 1.807) is 0 Å². The van der Waals surface area contributed by atoms with Crippen molar-refractivity contribution in [1.29, 1.82) is 0 Å². The monoisotopic (exact) mass is 259 g/mol. The van der Waals surface area contributed by atoms with Crippen LogP contribution in [0, 0.1) is 0 Å². The second kappa shape index (κ2) is 3.50. The summed E-state index contributed by atoms with van der Waals surface area (Å²) in [6.07, 6.45) is 2.38. The Bertz CT molecular complexity index is 338. The normalized spacial score (nSPS) is 15.8. The zero-order valence-electron chi connectivity index (χ0n) is 7.48. The van der Waals surface area contributed by atoms with Crippen LogP contribution in [0.5, 0.6) is 0 Å². The topological polar surface area (TPSA) is 3.24 Å². The zero-order chi connectivity index (χ0) is 9.42. The smallest absolute Gasteiger partial charge is 0.0438 e. The van der Waals surface area contributed by atoms with Crippen molar-refractivity contribution in [2.45, 2.75) is 12.8 Å². The summed E-state index contributed by atoms with van der Waals surface area (Å²) in [6, 6.07) is 4.01. The highest BCUT2D eigenvalue weighted by atomic mass is 79.9. The molecule has 0 spiro atoms. The minimum absolute atomic E-state index is 0.805. The minimum Gasteiger partial charge on any atom is -0.374 e. The first-order valence-electron chi connectivity index (χ1n) is 4.37. The number of anilines is 1. The number of hydrogen-bond donors (Lipinski definition) is 0. The first-order chi connectivity index (χ1) is 6.18. The molecule has 1 aliphatic heterocycles. The predicted octanol–water partition coefficient (Wildman–Crippen LogP) is 3.48. The Kier molecular flexibility index (Phi) is 2.52. The lowest BCUT2D eigenvalue weighted by Crippen LogP contribution is -2.24. The lowest BCUT2D eigenvalue weighted by molar-refractivity contribution is 0.742. The first-order valence-corrected chi connectivity index (χ1v) is 5.54.